The van der Waals surface area contributed by atoms with E-state index in [0.717, 1.165) is 25.7 Å². The molecule has 32 heavy (non-hydrogen) atoms. The van der Waals surface area contributed by atoms with Crippen LogP contribution in [0.15, 0.2) is 52.4 Å². The van der Waals surface area contributed by atoms with Crippen molar-refractivity contribution in [2.24, 2.45) is 5.10 Å². The molecule has 3 aromatic rings. The van der Waals surface area contributed by atoms with Gasteiger partial charge in [-0.3, -0.25) is 4.79 Å². The third kappa shape index (κ3) is 4.67. The number of aromatic nitrogens is 2. The van der Waals surface area contributed by atoms with Crippen molar-refractivity contribution in [2.75, 3.05) is 0 Å². The molecule has 0 radical (unpaired) electrons. The summed E-state index contributed by atoms with van der Waals surface area (Å²) in [5, 5.41) is 14.3. The van der Waals surface area contributed by atoms with Crippen LogP contribution in [-0.4, -0.2) is 33.1 Å². The van der Waals surface area contributed by atoms with Crippen molar-refractivity contribution in [3.63, 3.8) is 0 Å². The van der Waals surface area contributed by atoms with Gasteiger partial charge >= 0.3 is 5.97 Å². The number of carbonyl (C=O) groups is 1. The quantitative estimate of drug-likeness (QED) is 0.539. The number of rotatable bonds is 6. The van der Waals surface area contributed by atoms with Gasteiger partial charge < -0.3 is 9.84 Å². The largest absolute Gasteiger partial charge is 0.479 e. The number of hydrogen-bond acceptors (Lipinski definition) is 5. The average molecular weight is 454 g/mol. The monoisotopic (exact) mass is 453 g/mol. The maximum absolute atomic E-state index is 13.2. The van der Waals surface area contributed by atoms with Crippen molar-refractivity contribution >= 4 is 34.7 Å². The molecular formula is C24H24ClN3O4. The Morgan fingerprint density at radius 2 is 2.00 bits per heavy atom. The summed E-state index contributed by atoms with van der Waals surface area (Å²) >= 11 is 6.26. The van der Waals surface area contributed by atoms with Gasteiger partial charge in [-0.05, 0) is 55.7 Å². The Bertz CT molecular complexity index is 1230. The van der Waals surface area contributed by atoms with Gasteiger partial charge in [0.15, 0.2) is 6.10 Å². The minimum atomic E-state index is -1.08. The third-order valence-corrected chi connectivity index (χ3v) is 5.97. The molecule has 1 saturated carbocycles. The summed E-state index contributed by atoms with van der Waals surface area (Å²) < 4.78 is 6.75. The fraction of sp³-hybridized carbons (Fsp3) is 0.333. The maximum atomic E-state index is 13.2. The second-order valence-corrected chi connectivity index (χ2v) is 8.38. The van der Waals surface area contributed by atoms with Crippen molar-refractivity contribution in [1.29, 1.82) is 0 Å². The number of ether oxygens (including phenoxy) is 1. The van der Waals surface area contributed by atoms with Crippen LogP contribution >= 0.6 is 11.6 Å². The van der Waals surface area contributed by atoms with Crippen LogP contribution in [0.3, 0.4) is 0 Å². The lowest BCUT2D eigenvalue weighted by atomic mass is 9.88. The van der Waals surface area contributed by atoms with E-state index < -0.39 is 12.1 Å². The fourth-order valence-electron chi connectivity index (χ4n) is 3.94. The van der Waals surface area contributed by atoms with E-state index in [0.29, 0.717) is 22.3 Å². The van der Waals surface area contributed by atoms with Gasteiger partial charge in [0, 0.05) is 5.92 Å². The van der Waals surface area contributed by atoms with Gasteiger partial charge in [0.25, 0.3) is 5.56 Å². The highest BCUT2D eigenvalue weighted by Gasteiger charge is 2.22. The Hall–Kier alpha value is -3.19. The Kier molecular flexibility index (Phi) is 6.55. The predicted octanol–water partition coefficient (Wildman–Crippen LogP) is 4.83. The molecule has 1 aliphatic carbocycles. The zero-order valence-electron chi connectivity index (χ0n) is 17.7. The second-order valence-electron chi connectivity index (χ2n) is 7.97. The molecule has 1 aromatic heterocycles. The van der Waals surface area contributed by atoms with Crippen LogP contribution < -0.4 is 10.3 Å². The van der Waals surface area contributed by atoms with Gasteiger partial charge in [0.1, 0.15) is 11.6 Å². The molecule has 8 heteroatoms. The van der Waals surface area contributed by atoms with Crippen LogP contribution in [0.1, 0.15) is 56.3 Å². The molecule has 0 unspecified atom stereocenters. The topological polar surface area (TPSA) is 93.8 Å². The number of para-hydroxylation sites is 1. The Morgan fingerprint density at radius 1 is 1.25 bits per heavy atom. The molecule has 0 spiro atoms. The van der Waals surface area contributed by atoms with Crippen LogP contribution in [-0.2, 0) is 4.79 Å². The molecule has 166 valence electrons. The van der Waals surface area contributed by atoms with Gasteiger partial charge in [0.2, 0.25) is 0 Å². The SMILES string of the molecule is C[C@@H](Oc1ccc(C=Nn2c(C3CCCCC3)nc3ccccc3c2=O)cc1Cl)C(=O)O. The normalized spacial score (nSPS) is 15.8. The molecule has 7 nitrogen and oxygen atoms in total. The highest BCUT2D eigenvalue weighted by atomic mass is 35.5. The number of aliphatic carboxylic acids is 1. The van der Waals surface area contributed by atoms with Crippen LogP contribution in [0.5, 0.6) is 5.75 Å². The van der Waals surface area contributed by atoms with E-state index in [1.165, 1.54) is 18.0 Å². The zero-order chi connectivity index (χ0) is 22.7. The molecule has 4 rings (SSSR count). The maximum Gasteiger partial charge on any atom is 0.344 e. The number of carboxylic acids is 1. The number of carboxylic acid groups (broad SMARTS) is 1. The minimum absolute atomic E-state index is 0.190. The first-order valence-electron chi connectivity index (χ1n) is 10.7. The van der Waals surface area contributed by atoms with Crippen LogP contribution in [0.2, 0.25) is 5.02 Å². The zero-order valence-corrected chi connectivity index (χ0v) is 18.5. The van der Waals surface area contributed by atoms with Crippen LogP contribution in [0.4, 0.5) is 0 Å². The van der Waals surface area contributed by atoms with E-state index in [9.17, 15) is 9.59 Å². The van der Waals surface area contributed by atoms with Crippen LogP contribution in [0, 0.1) is 0 Å². The molecule has 1 heterocycles. The first kappa shape index (κ1) is 22.0. The molecule has 1 N–H and O–H groups in total. The van der Waals surface area contributed by atoms with Crippen molar-refractivity contribution in [3.8, 4) is 5.75 Å². The summed E-state index contributed by atoms with van der Waals surface area (Å²) in [6.45, 7) is 1.43. The predicted molar refractivity (Wildman–Crippen MR) is 124 cm³/mol. The fourth-order valence-corrected chi connectivity index (χ4v) is 4.17. The summed E-state index contributed by atoms with van der Waals surface area (Å²) in [5.74, 6) is 0.0670. The van der Waals surface area contributed by atoms with Crippen molar-refractivity contribution in [2.45, 2.75) is 51.0 Å². The van der Waals surface area contributed by atoms with E-state index in [2.05, 4.69) is 5.10 Å². The van der Waals surface area contributed by atoms with Crippen molar-refractivity contribution < 1.29 is 14.6 Å². The molecule has 1 fully saturated rings. The molecule has 0 bridgehead atoms. The minimum Gasteiger partial charge on any atom is -0.479 e. The van der Waals surface area contributed by atoms with Gasteiger partial charge in [-0.25, -0.2) is 9.78 Å². The number of benzene rings is 2. The van der Waals surface area contributed by atoms with E-state index in [1.807, 2.05) is 18.2 Å². The van der Waals surface area contributed by atoms with E-state index in [-0.39, 0.29) is 22.2 Å². The molecule has 0 saturated heterocycles. The molecular weight excluding hydrogens is 430 g/mol. The second kappa shape index (κ2) is 9.53. The number of nitrogens with zero attached hydrogens (tertiary/aromatic N) is 3. The highest BCUT2D eigenvalue weighted by molar-refractivity contribution is 6.32. The summed E-state index contributed by atoms with van der Waals surface area (Å²) in [5.41, 5.74) is 1.13. The number of halogens is 1. The molecule has 1 aliphatic rings. The Morgan fingerprint density at radius 3 is 2.72 bits per heavy atom. The lowest BCUT2D eigenvalue weighted by molar-refractivity contribution is -0.144. The molecule has 1 atom stereocenters. The summed E-state index contributed by atoms with van der Waals surface area (Å²) in [6.07, 6.45) is 5.93. The van der Waals surface area contributed by atoms with Gasteiger partial charge in [0.05, 0.1) is 22.1 Å². The summed E-state index contributed by atoms with van der Waals surface area (Å²) in [7, 11) is 0. The average Bonchev–Trinajstić information content (AvgIpc) is 2.80. The molecule has 2 aromatic carbocycles. The third-order valence-electron chi connectivity index (χ3n) is 5.68. The Balaban J connectivity index is 1.70. The lowest BCUT2D eigenvalue weighted by Crippen LogP contribution is -2.25. The smallest absolute Gasteiger partial charge is 0.344 e. The lowest BCUT2D eigenvalue weighted by Gasteiger charge is -2.22. The van der Waals surface area contributed by atoms with Crippen LogP contribution in [0.25, 0.3) is 10.9 Å². The van der Waals surface area contributed by atoms with E-state index in [4.69, 9.17) is 26.4 Å². The summed E-state index contributed by atoms with van der Waals surface area (Å²) in [4.78, 5) is 29.0. The molecule has 0 aliphatic heterocycles. The van der Waals surface area contributed by atoms with Gasteiger partial charge in [-0.2, -0.15) is 9.78 Å². The number of hydrogen-bond donors (Lipinski definition) is 1. The highest BCUT2D eigenvalue weighted by Crippen LogP contribution is 2.32. The van der Waals surface area contributed by atoms with Gasteiger partial charge in [-0.15, -0.1) is 0 Å². The molecule has 0 amide bonds. The van der Waals surface area contributed by atoms with Crippen molar-refractivity contribution in [3.05, 3.63) is 69.2 Å². The van der Waals surface area contributed by atoms with E-state index >= 15 is 0 Å². The van der Waals surface area contributed by atoms with Crippen molar-refractivity contribution in [1.82, 2.24) is 9.66 Å². The standard InChI is InChI=1S/C24H24ClN3O4/c1-15(24(30)31)32-21-12-11-16(13-19(21)25)14-26-28-22(17-7-3-2-4-8-17)27-20-10-6-5-9-18(20)23(28)29/h5-6,9-15,17H,2-4,7-8H2,1H3,(H,30,31)/t15-/m1/s1. The van der Waals surface area contributed by atoms with E-state index in [1.54, 1.807) is 30.5 Å². The summed E-state index contributed by atoms with van der Waals surface area (Å²) in [6, 6.07) is 12.2. The number of fused-ring (bicyclic) bond motifs is 1. The first-order chi connectivity index (χ1) is 15.4. The first-order valence-corrected chi connectivity index (χ1v) is 11.1. The van der Waals surface area contributed by atoms with Gasteiger partial charge in [-0.1, -0.05) is 43.0 Å². The Labute approximate surface area is 190 Å².